The first kappa shape index (κ1) is 11.1. The van der Waals surface area contributed by atoms with Crippen molar-refractivity contribution in [3.63, 3.8) is 0 Å². The number of nitrogens with two attached hydrogens (primary N) is 1. The molecule has 0 atom stereocenters. The summed E-state index contributed by atoms with van der Waals surface area (Å²) in [4.78, 5) is -0.385. The monoisotopic (exact) mass is 249 g/mol. The summed E-state index contributed by atoms with van der Waals surface area (Å²) in [6, 6.07) is 2.36. The average Bonchev–Trinajstić information content (AvgIpc) is 2.66. The Bertz CT molecular complexity index is 528. The molecule has 1 aliphatic heterocycles. The second kappa shape index (κ2) is 3.58. The van der Waals surface area contributed by atoms with Crippen LogP contribution in [0.3, 0.4) is 0 Å². The summed E-state index contributed by atoms with van der Waals surface area (Å²) >= 11 is 0. The van der Waals surface area contributed by atoms with Crippen LogP contribution in [0.5, 0.6) is 5.75 Å². The van der Waals surface area contributed by atoms with Gasteiger partial charge >= 0.3 is 5.76 Å². The fraction of sp³-hybridized carbons (Fsp3) is 0.333. The highest BCUT2D eigenvalue weighted by molar-refractivity contribution is 7.91. The Morgan fingerprint density at radius 3 is 2.69 bits per heavy atom. The van der Waals surface area contributed by atoms with Gasteiger partial charge in [0.2, 0.25) is 9.84 Å². The number of rotatable bonds is 2. The van der Waals surface area contributed by atoms with Gasteiger partial charge in [-0.3, -0.25) is 0 Å². The predicted molar refractivity (Wildman–Crippen MR) is 53.2 cm³/mol. The SMILES string of the molecule is Nc1ccc(S(=O)(=O)C(F)F)c2c1OCC2. The van der Waals surface area contributed by atoms with Crippen LogP contribution in [0.2, 0.25) is 0 Å². The third-order valence-electron chi connectivity index (χ3n) is 2.39. The maximum Gasteiger partial charge on any atom is 0.341 e. The topological polar surface area (TPSA) is 69.4 Å². The van der Waals surface area contributed by atoms with E-state index in [1.807, 2.05) is 0 Å². The van der Waals surface area contributed by atoms with Gasteiger partial charge in [-0.25, -0.2) is 8.42 Å². The van der Waals surface area contributed by atoms with Crippen LogP contribution >= 0.6 is 0 Å². The van der Waals surface area contributed by atoms with E-state index in [1.54, 1.807) is 0 Å². The zero-order valence-corrected chi connectivity index (χ0v) is 8.93. The molecule has 7 heteroatoms. The first-order chi connectivity index (χ1) is 7.44. The third-order valence-corrected chi connectivity index (χ3v) is 3.85. The number of halogens is 2. The van der Waals surface area contributed by atoms with Gasteiger partial charge in [-0.2, -0.15) is 8.78 Å². The molecule has 16 heavy (non-hydrogen) atoms. The van der Waals surface area contributed by atoms with Gasteiger partial charge in [0.15, 0.2) is 0 Å². The van der Waals surface area contributed by atoms with E-state index in [-0.39, 0.29) is 34.9 Å². The predicted octanol–water partition coefficient (Wildman–Crippen LogP) is 1.20. The number of hydrogen-bond acceptors (Lipinski definition) is 4. The summed E-state index contributed by atoms with van der Waals surface area (Å²) in [6.07, 6.45) is 0.279. The number of benzene rings is 1. The number of sulfone groups is 1. The second-order valence-electron chi connectivity index (χ2n) is 3.36. The molecule has 0 aromatic heterocycles. The maximum atomic E-state index is 12.4. The minimum atomic E-state index is -4.59. The lowest BCUT2D eigenvalue weighted by molar-refractivity contribution is 0.234. The maximum absolute atomic E-state index is 12.4. The van der Waals surface area contributed by atoms with Gasteiger partial charge in [0.05, 0.1) is 17.2 Å². The van der Waals surface area contributed by atoms with Crippen molar-refractivity contribution in [3.05, 3.63) is 17.7 Å². The van der Waals surface area contributed by atoms with Gasteiger partial charge in [0.25, 0.3) is 0 Å². The number of ether oxygens (including phenoxy) is 1. The molecule has 2 N–H and O–H groups in total. The van der Waals surface area contributed by atoms with Crippen LogP contribution in [0.15, 0.2) is 17.0 Å². The molecule has 4 nitrogen and oxygen atoms in total. The molecule has 0 amide bonds. The molecular weight excluding hydrogens is 240 g/mol. The lowest BCUT2D eigenvalue weighted by Gasteiger charge is -2.09. The molecule has 0 spiro atoms. The van der Waals surface area contributed by atoms with Crippen molar-refractivity contribution in [2.75, 3.05) is 12.3 Å². The van der Waals surface area contributed by atoms with E-state index in [1.165, 1.54) is 6.07 Å². The zero-order valence-electron chi connectivity index (χ0n) is 8.11. The molecule has 0 saturated heterocycles. The number of hydrogen-bond donors (Lipinski definition) is 1. The molecule has 0 aliphatic carbocycles. The van der Waals surface area contributed by atoms with E-state index in [0.29, 0.717) is 0 Å². The van der Waals surface area contributed by atoms with Crippen molar-refractivity contribution < 1.29 is 21.9 Å². The number of alkyl halides is 2. The Hall–Kier alpha value is -1.37. The molecule has 0 unspecified atom stereocenters. The molecule has 0 bridgehead atoms. The quantitative estimate of drug-likeness (QED) is 0.799. The van der Waals surface area contributed by atoms with Crippen LogP contribution in [0.4, 0.5) is 14.5 Å². The van der Waals surface area contributed by atoms with Gasteiger partial charge < -0.3 is 10.5 Å². The summed E-state index contributed by atoms with van der Waals surface area (Å²) < 4.78 is 52.6. The Morgan fingerprint density at radius 2 is 2.06 bits per heavy atom. The molecular formula is C9H9F2NO3S. The number of nitrogen functional groups attached to an aromatic ring is 1. The standard InChI is InChI=1S/C9H9F2NO3S/c10-9(11)16(13,14)7-2-1-6(12)8-5(7)3-4-15-8/h1-2,9H,3-4,12H2. The third kappa shape index (κ3) is 1.51. The fourth-order valence-electron chi connectivity index (χ4n) is 1.65. The van der Waals surface area contributed by atoms with Gasteiger partial charge in [-0.05, 0) is 12.1 Å². The largest absolute Gasteiger partial charge is 0.491 e. The van der Waals surface area contributed by atoms with Crippen LogP contribution in [-0.2, 0) is 16.3 Å². The summed E-state index contributed by atoms with van der Waals surface area (Å²) in [5.41, 5.74) is 6.07. The molecule has 1 aliphatic rings. The van der Waals surface area contributed by atoms with Crippen LogP contribution in [0, 0.1) is 0 Å². The van der Waals surface area contributed by atoms with Crippen molar-refractivity contribution in [2.24, 2.45) is 0 Å². The van der Waals surface area contributed by atoms with E-state index in [0.717, 1.165) is 6.07 Å². The van der Waals surface area contributed by atoms with Crippen LogP contribution in [-0.4, -0.2) is 20.8 Å². The number of fused-ring (bicyclic) bond motifs is 1. The fourth-order valence-corrected chi connectivity index (χ4v) is 2.64. The molecule has 88 valence electrons. The van der Waals surface area contributed by atoms with Gasteiger partial charge in [-0.1, -0.05) is 0 Å². The van der Waals surface area contributed by atoms with Gasteiger partial charge in [0.1, 0.15) is 5.75 Å². The Balaban J connectivity index is 2.65. The zero-order chi connectivity index (χ0) is 11.9. The summed E-state index contributed by atoms with van der Waals surface area (Å²) in [6.45, 7) is 0.259. The van der Waals surface area contributed by atoms with Crippen molar-refractivity contribution in [2.45, 2.75) is 17.1 Å². The minimum absolute atomic E-state index is 0.210. The Kier molecular flexibility index (Phi) is 2.49. The molecule has 0 saturated carbocycles. The molecule has 0 radical (unpaired) electrons. The van der Waals surface area contributed by atoms with E-state index in [2.05, 4.69) is 0 Å². The van der Waals surface area contributed by atoms with Crippen molar-refractivity contribution >= 4 is 15.5 Å². The number of anilines is 1. The first-order valence-electron chi connectivity index (χ1n) is 4.51. The molecule has 1 heterocycles. The highest BCUT2D eigenvalue weighted by Gasteiger charge is 2.32. The van der Waals surface area contributed by atoms with Crippen LogP contribution in [0.1, 0.15) is 5.56 Å². The molecule has 2 rings (SSSR count). The normalized spacial score (nSPS) is 14.9. The van der Waals surface area contributed by atoms with Gasteiger partial charge in [-0.15, -0.1) is 0 Å². The Morgan fingerprint density at radius 1 is 1.38 bits per heavy atom. The minimum Gasteiger partial charge on any atom is -0.491 e. The summed E-state index contributed by atoms with van der Waals surface area (Å²) in [5, 5.41) is 0. The highest BCUT2D eigenvalue weighted by Crippen LogP contribution is 2.37. The average molecular weight is 249 g/mol. The first-order valence-corrected chi connectivity index (χ1v) is 6.05. The van der Waals surface area contributed by atoms with E-state index < -0.39 is 15.6 Å². The van der Waals surface area contributed by atoms with Gasteiger partial charge in [0, 0.05) is 12.0 Å². The van der Waals surface area contributed by atoms with Crippen LogP contribution < -0.4 is 10.5 Å². The second-order valence-corrected chi connectivity index (χ2v) is 5.25. The van der Waals surface area contributed by atoms with Crippen LogP contribution in [0.25, 0.3) is 0 Å². The molecule has 1 aromatic carbocycles. The molecule has 1 aromatic rings. The highest BCUT2D eigenvalue weighted by atomic mass is 32.2. The summed E-state index contributed by atoms with van der Waals surface area (Å²) in [7, 11) is -4.59. The lowest BCUT2D eigenvalue weighted by Crippen LogP contribution is -2.13. The Labute approximate surface area is 90.9 Å². The van der Waals surface area contributed by atoms with E-state index >= 15 is 0 Å². The van der Waals surface area contributed by atoms with Crippen molar-refractivity contribution in [1.82, 2.24) is 0 Å². The van der Waals surface area contributed by atoms with E-state index in [4.69, 9.17) is 10.5 Å². The summed E-state index contributed by atoms with van der Waals surface area (Å²) in [5.74, 6) is -3.22. The van der Waals surface area contributed by atoms with Crippen molar-refractivity contribution in [3.8, 4) is 5.75 Å². The lowest BCUT2D eigenvalue weighted by atomic mass is 10.1. The molecule has 0 fully saturated rings. The smallest absolute Gasteiger partial charge is 0.341 e. The van der Waals surface area contributed by atoms with Crippen molar-refractivity contribution in [1.29, 1.82) is 0 Å². The van der Waals surface area contributed by atoms with E-state index in [9.17, 15) is 17.2 Å².